The molecule has 1 aromatic carbocycles. The van der Waals surface area contributed by atoms with E-state index in [0.717, 1.165) is 31.7 Å². The predicted octanol–water partition coefficient (Wildman–Crippen LogP) is 1.73. The fraction of sp³-hybridized carbons (Fsp3) is 0.462. The van der Waals surface area contributed by atoms with Gasteiger partial charge >= 0.3 is 0 Å². The SMILES string of the molecule is NC(=O)C1CCCN1CCSc1ccccc1. The maximum Gasteiger partial charge on any atom is 0.234 e. The number of thioether (sulfide) groups is 1. The number of likely N-dealkylation sites (tertiary alicyclic amines) is 1. The Hall–Kier alpha value is -1.00. The third-order valence-electron chi connectivity index (χ3n) is 3.08. The minimum absolute atomic E-state index is 0.0358. The molecule has 2 rings (SSSR count). The second-order valence-electron chi connectivity index (χ2n) is 4.26. The van der Waals surface area contributed by atoms with Gasteiger partial charge in [0.05, 0.1) is 6.04 Å². The first-order valence-electron chi connectivity index (χ1n) is 5.98. The number of benzene rings is 1. The summed E-state index contributed by atoms with van der Waals surface area (Å²) in [5, 5.41) is 0. The third-order valence-corrected chi connectivity index (χ3v) is 4.07. The number of rotatable bonds is 5. The molecule has 0 saturated carbocycles. The van der Waals surface area contributed by atoms with Gasteiger partial charge in [-0.3, -0.25) is 9.69 Å². The lowest BCUT2D eigenvalue weighted by Gasteiger charge is -2.21. The van der Waals surface area contributed by atoms with Crippen LogP contribution in [0, 0.1) is 0 Å². The molecule has 1 heterocycles. The van der Waals surface area contributed by atoms with Crippen LogP contribution in [0.1, 0.15) is 12.8 Å². The molecule has 1 amide bonds. The first-order chi connectivity index (χ1) is 8.27. The zero-order valence-corrected chi connectivity index (χ0v) is 10.7. The minimum atomic E-state index is -0.174. The fourth-order valence-electron chi connectivity index (χ4n) is 2.21. The van der Waals surface area contributed by atoms with E-state index in [4.69, 9.17) is 5.73 Å². The highest BCUT2D eigenvalue weighted by Gasteiger charge is 2.28. The van der Waals surface area contributed by atoms with Crippen molar-refractivity contribution in [3.63, 3.8) is 0 Å². The Morgan fingerprint density at radius 2 is 2.18 bits per heavy atom. The van der Waals surface area contributed by atoms with Crippen molar-refractivity contribution in [3.8, 4) is 0 Å². The summed E-state index contributed by atoms with van der Waals surface area (Å²) < 4.78 is 0. The van der Waals surface area contributed by atoms with E-state index in [1.54, 1.807) is 0 Å². The molecule has 0 bridgehead atoms. The Kier molecular flexibility index (Phi) is 4.45. The Bertz CT molecular complexity index is 369. The van der Waals surface area contributed by atoms with Crippen LogP contribution in [-0.4, -0.2) is 35.7 Å². The van der Waals surface area contributed by atoms with Crippen molar-refractivity contribution < 1.29 is 4.79 Å². The van der Waals surface area contributed by atoms with Gasteiger partial charge in [-0.1, -0.05) is 18.2 Å². The lowest BCUT2D eigenvalue weighted by molar-refractivity contribution is -0.122. The van der Waals surface area contributed by atoms with Gasteiger partial charge in [-0.05, 0) is 31.5 Å². The minimum Gasteiger partial charge on any atom is -0.368 e. The molecule has 0 aromatic heterocycles. The molecule has 1 aliphatic rings. The number of hydrogen-bond acceptors (Lipinski definition) is 3. The molecule has 1 aliphatic heterocycles. The Labute approximate surface area is 106 Å². The highest BCUT2D eigenvalue weighted by Crippen LogP contribution is 2.20. The van der Waals surface area contributed by atoms with Gasteiger partial charge < -0.3 is 5.73 Å². The van der Waals surface area contributed by atoms with Crippen molar-refractivity contribution in [1.29, 1.82) is 0 Å². The van der Waals surface area contributed by atoms with Crippen LogP contribution in [0.5, 0.6) is 0 Å². The van der Waals surface area contributed by atoms with Gasteiger partial charge in [-0.2, -0.15) is 0 Å². The highest BCUT2D eigenvalue weighted by molar-refractivity contribution is 7.99. The van der Waals surface area contributed by atoms with Crippen molar-refractivity contribution in [2.75, 3.05) is 18.8 Å². The standard InChI is InChI=1S/C13H18N2OS/c14-13(16)12-7-4-8-15(12)9-10-17-11-5-2-1-3-6-11/h1-3,5-6,12H,4,7-10H2,(H2,14,16). The van der Waals surface area contributed by atoms with Crippen molar-refractivity contribution in [2.45, 2.75) is 23.8 Å². The normalized spacial score (nSPS) is 20.6. The molecule has 1 saturated heterocycles. The number of carbonyl (C=O) groups excluding carboxylic acids is 1. The number of carbonyl (C=O) groups is 1. The predicted molar refractivity (Wildman–Crippen MR) is 71.0 cm³/mol. The van der Waals surface area contributed by atoms with Crippen molar-refractivity contribution >= 4 is 17.7 Å². The zero-order valence-electron chi connectivity index (χ0n) is 9.84. The summed E-state index contributed by atoms with van der Waals surface area (Å²) in [6.07, 6.45) is 2.01. The lowest BCUT2D eigenvalue weighted by Crippen LogP contribution is -2.41. The van der Waals surface area contributed by atoms with Gasteiger partial charge in [0.15, 0.2) is 0 Å². The van der Waals surface area contributed by atoms with Crippen molar-refractivity contribution in [2.24, 2.45) is 5.73 Å². The molecule has 0 radical (unpaired) electrons. The molecule has 1 atom stereocenters. The second kappa shape index (κ2) is 6.07. The molecule has 4 heteroatoms. The van der Waals surface area contributed by atoms with E-state index < -0.39 is 0 Å². The molecular weight excluding hydrogens is 232 g/mol. The van der Waals surface area contributed by atoms with Crippen LogP contribution in [-0.2, 0) is 4.79 Å². The molecular formula is C13H18N2OS. The summed E-state index contributed by atoms with van der Waals surface area (Å²) in [5.41, 5.74) is 5.38. The van der Waals surface area contributed by atoms with Gasteiger partial charge in [0.2, 0.25) is 5.91 Å². The first-order valence-corrected chi connectivity index (χ1v) is 6.97. The van der Waals surface area contributed by atoms with Gasteiger partial charge in [0.1, 0.15) is 0 Å². The largest absolute Gasteiger partial charge is 0.368 e. The van der Waals surface area contributed by atoms with Gasteiger partial charge in [0, 0.05) is 17.2 Å². The maximum absolute atomic E-state index is 11.2. The second-order valence-corrected chi connectivity index (χ2v) is 5.43. The van der Waals surface area contributed by atoms with E-state index in [9.17, 15) is 4.79 Å². The Morgan fingerprint density at radius 3 is 2.88 bits per heavy atom. The first kappa shape index (κ1) is 12.5. The molecule has 1 aromatic rings. The maximum atomic E-state index is 11.2. The van der Waals surface area contributed by atoms with E-state index in [-0.39, 0.29) is 11.9 Å². The van der Waals surface area contributed by atoms with Gasteiger partial charge in [-0.25, -0.2) is 0 Å². The van der Waals surface area contributed by atoms with E-state index in [1.807, 2.05) is 30.0 Å². The Morgan fingerprint density at radius 1 is 1.41 bits per heavy atom. The smallest absolute Gasteiger partial charge is 0.234 e. The Balaban J connectivity index is 1.77. The van der Waals surface area contributed by atoms with Gasteiger partial charge in [-0.15, -0.1) is 11.8 Å². The van der Waals surface area contributed by atoms with Crippen molar-refractivity contribution in [3.05, 3.63) is 30.3 Å². The van der Waals surface area contributed by atoms with E-state index in [0.29, 0.717) is 0 Å². The quantitative estimate of drug-likeness (QED) is 0.810. The molecule has 3 nitrogen and oxygen atoms in total. The summed E-state index contributed by atoms with van der Waals surface area (Å²) in [4.78, 5) is 14.7. The van der Waals surface area contributed by atoms with E-state index >= 15 is 0 Å². The number of nitrogens with two attached hydrogens (primary N) is 1. The summed E-state index contributed by atoms with van der Waals surface area (Å²) in [6, 6.07) is 10.3. The van der Waals surface area contributed by atoms with Crippen LogP contribution in [0.25, 0.3) is 0 Å². The third kappa shape index (κ3) is 3.48. The van der Waals surface area contributed by atoms with Crippen molar-refractivity contribution in [1.82, 2.24) is 4.90 Å². The average Bonchev–Trinajstić information content (AvgIpc) is 2.79. The summed E-state index contributed by atoms with van der Waals surface area (Å²) >= 11 is 1.83. The summed E-state index contributed by atoms with van der Waals surface area (Å²) in [7, 11) is 0. The van der Waals surface area contributed by atoms with Crippen LogP contribution in [0.15, 0.2) is 35.2 Å². The van der Waals surface area contributed by atoms with E-state index in [1.165, 1.54) is 4.90 Å². The molecule has 2 N–H and O–H groups in total. The summed E-state index contributed by atoms with van der Waals surface area (Å²) in [6.45, 7) is 1.94. The molecule has 17 heavy (non-hydrogen) atoms. The highest BCUT2D eigenvalue weighted by atomic mass is 32.2. The van der Waals surface area contributed by atoms with Crippen LogP contribution < -0.4 is 5.73 Å². The number of amides is 1. The molecule has 0 spiro atoms. The molecule has 92 valence electrons. The lowest BCUT2D eigenvalue weighted by atomic mass is 10.2. The molecule has 0 aliphatic carbocycles. The number of primary amides is 1. The van der Waals surface area contributed by atoms with Crippen LogP contribution in [0.4, 0.5) is 0 Å². The average molecular weight is 250 g/mol. The number of hydrogen-bond donors (Lipinski definition) is 1. The van der Waals surface area contributed by atoms with Crippen LogP contribution in [0.2, 0.25) is 0 Å². The van der Waals surface area contributed by atoms with Gasteiger partial charge in [0.25, 0.3) is 0 Å². The van der Waals surface area contributed by atoms with E-state index in [2.05, 4.69) is 17.0 Å². The monoisotopic (exact) mass is 250 g/mol. The molecule has 1 fully saturated rings. The zero-order chi connectivity index (χ0) is 12.1. The van der Waals surface area contributed by atoms with Crippen LogP contribution >= 0.6 is 11.8 Å². The summed E-state index contributed by atoms with van der Waals surface area (Å²) in [5.74, 6) is 0.834. The topological polar surface area (TPSA) is 46.3 Å². The van der Waals surface area contributed by atoms with Crippen LogP contribution in [0.3, 0.4) is 0 Å². The number of nitrogens with zero attached hydrogens (tertiary/aromatic N) is 1. The fourth-order valence-corrected chi connectivity index (χ4v) is 3.12. The molecule has 1 unspecified atom stereocenters.